The molecule has 118 heavy (non-hydrogen) atoms. The molecule has 10 aliphatic heterocycles. The van der Waals surface area contributed by atoms with Crippen LogP contribution < -0.4 is 24.5 Å². The van der Waals surface area contributed by atoms with E-state index < -0.39 is 0 Å². The number of rotatable bonds is 10. The van der Waals surface area contributed by atoms with Gasteiger partial charge in [0.1, 0.15) is 121 Å². The van der Waals surface area contributed by atoms with E-state index >= 15 is 0 Å². The number of anilines is 5. The summed E-state index contributed by atoms with van der Waals surface area (Å²) in [5.74, 6) is 5.70. The van der Waals surface area contributed by atoms with Crippen molar-refractivity contribution in [3.05, 3.63) is 93.0 Å². The zero-order chi connectivity index (χ0) is 81.9. The van der Waals surface area contributed by atoms with Gasteiger partial charge in [0.2, 0.25) is 29.5 Å². The Morgan fingerprint density at radius 3 is 0.864 bits per heavy atom. The quantitative estimate of drug-likeness (QED) is 0.0866. The van der Waals surface area contributed by atoms with Crippen molar-refractivity contribution in [1.29, 1.82) is 26.3 Å². The highest BCUT2D eigenvalue weighted by molar-refractivity contribution is 5.92. The molecule has 0 radical (unpaired) electrons. The van der Waals surface area contributed by atoms with Crippen LogP contribution in [0.4, 0.5) is 29.1 Å². The van der Waals surface area contributed by atoms with Crippen LogP contribution in [0.15, 0.2) is 93.0 Å². The van der Waals surface area contributed by atoms with Gasteiger partial charge in [-0.2, -0.15) is 26.3 Å². The summed E-state index contributed by atoms with van der Waals surface area (Å²) < 4.78 is 0. The molecule has 10 aromatic heterocycles. The van der Waals surface area contributed by atoms with Crippen LogP contribution in [0.25, 0.3) is 55.2 Å². The van der Waals surface area contributed by atoms with E-state index in [-0.39, 0.29) is 89.3 Å². The van der Waals surface area contributed by atoms with Crippen LogP contribution in [-0.4, -0.2) is 255 Å². The van der Waals surface area contributed by atoms with Crippen molar-refractivity contribution < 1.29 is 24.0 Å². The molecule has 10 aliphatic rings. The van der Waals surface area contributed by atoms with Gasteiger partial charge in [0, 0.05) is 129 Å². The van der Waals surface area contributed by atoms with E-state index in [2.05, 4.69) is 120 Å². The lowest BCUT2D eigenvalue weighted by atomic mass is 9.69. The van der Waals surface area contributed by atoms with Gasteiger partial charge in [-0.05, 0) is 125 Å². The molecule has 0 saturated carbocycles. The first-order valence-electron chi connectivity index (χ1n) is 41.0. The number of nitrogens with one attached hydrogen (secondary N) is 5. The largest absolute Gasteiger partial charge is 0.354 e. The predicted molar refractivity (Wildman–Crippen MR) is 437 cm³/mol. The van der Waals surface area contributed by atoms with Gasteiger partial charge in [-0.1, -0.05) is 20.8 Å². The van der Waals surface area contributed by atoms with Gasteiger partial charge in [0.05, 0.1) is 85.0 Å². The fourth-order valence-corrected chi connectivity index (χ4v) is 20.8. The summed E-state index contributed by atoms with van der Waals surface area (Å²) in [6, 6.07) is 19.9. The lowest BCUT2D eigenvalue weighted by molar-refractivity contribution is -0.157. The van der Waals surface area contributed by atoms with E-state index in [1.165, 1.54) is 0 Å². The van der Waals surface area contributed by atoms with E-state index in [9.17, 15) is 24.0 Å². The van der Waals surface area contributed by atoms with Crippen LogP contribution in [0.3, 0.4) is 0 Å². The molecule has 20 heterocycles. The summed E-state index contributed by atoms with van der Waals surface area (Å²) >= 11 is 0. The molecule has 5 N–H and O–H groups in total. The van der Waals surface area contributed by atoms with Gasteiger partial charge in [-0.15, -0.1) is 0 Å². The van der Waals surface area contributed by atoms with Crippen molar-refractivity contribution >= 4 is 114 Å². The lowest BCUT2D eigenvalue weighted by Crippen LogP contribution is -2.73. The maximum atomic E-state index is 12.4. The summed E-state index contributed by atoms with van der Waals surface area (Å²) in [5, 5.41) is 49.2. The van der Waals surface area contributed by atoms with E-state index in [1.807, 2.05) is 116 Å². The SMILES string of the molecule is C[C@@H]1CN(C(=O)CC#N)[C@@]12CCCN(c1ncnc3[nH]ccc13)C2.C[C@H]1CN(C(=O)CC#N)[C@@]12CCCN(c1ncnc3[nH]ccc13)C2.C[C@H]1CN(C(=O)CC#N)[C@]12CCN(c1ncnc3[nH]ccc13)C2.N#CCC(=O)N1CCC[C@@]12CCCN(c1ncnc3[nH]ccc13)C2.N#CCC(=O)N1CC[C@]12CCCN(c1ncnc3[nH]ccc13)C2. The van der Waals surface area contributed by atoms with Crippen molar-refractivity contribution in [1.82, 2.24) is 99.3 Å². The fourth-order valence-electron chi connectivity index (χ4n) is 20.8. The van der Waals surface area contributed by atoms with Gasteiger partial charge >= 0.3 is 0 Å². The molecule has 0 unspecified atom stereocenters. The molecule has 608 valence electrons. The highest BCUT2D eigenvalue weighted by Crippen LogP contribution is 2.49. The number of H-pyrrole nitrogens is 5. The number of nitrogens with zero attached hydrogens (tertiary/aromatic N) is 25. The number of fused-ring (bicyclic) bond motifs is 5. The standard InChI is InChI=1S/3C17H20N6O.2C16H18N6O/c2*1-12-9-23(14(24)3-6-18)17(12)5-2-8-22(10-17)16-13-4-7-19-15(13)20-11-21-16;18-7-3-14(24)23-10-2-6-17(23)5-1-9-22(11-17)16-13-4-8-19-15(13)20-12-21-16;1-11-8-22(13(23)2-5-17)16(11)4-7-21(9-16)15-12-3-6-18-14(12)19-10-20-15;17-6-2-13(23)22-9-5-16(22)4-1-8-21(10-16)15-12-3-7-18-14(12)19-11-20-15/h2*4,7,11-12H,2-3,5,8-10H2,1H3,(H,19,20,21);4,8,12H,1-3,5-6,9-11H2,(H,19,20,21);3,6,10-11H,2,4,7-9H2,1H3,(H,18,19,20);3,7,11H,1-2,4-5,8-10H2,(H,18,19,20)/t12-,17+;12-,17-;17-;11-,16-;16-/m01100/s1. The minimum atomic E-state index is -0.167. The monoisotopic (exact) mass is 1590 g/mol. The average molecular weight is 1590 g/mol. The Hall–Kier alpha value is -13.1. The Morgan fingerprint density at radius 1 is 0.322 bits per heavy atom. The predicted octanol–water partition coefficient (Wildman–Crippen LogP) is 7.95. The van der Waals surface area contributed by atoms with Gasteiger partial charge in [-0.3, -0.25) is 24.0 Å². The molecule has 10 aromatic rings. The molecule has 5 amide bonds. The van der Waals surface area contributed by atoms with Crippen molar-refractivity contribution in [2.45, 2.75) is 158 Å². The molecule has 35 heteroatoms. The van der Waals surface area contributed by atoms with Crippen LogP contribution in [0.5, 0.6) is 0 Å². The Bertz CT molecular complexity index is 5380. The summed E-state index contributed by atoms with van der Waals surface area (Å²) in [6.07, 6.45) is 29.1. The van der Waals surface area contributed by atoms with Crippen molar-refractivity contribution in [2.24, 2.45) is 17.8 Å². The first-order chi connectivity index (χ1) is 57.4. The molecule has 20 rings (SSSR count). The molecule has 0 aromatic carbocycles. The second kappa shape index (κ2) is 32.9. The van der Waals surface area contributed by atoms with E-state index in [1.54, 1.807) is 31.6 Å². The maximum Gasteiger partial charge on any atom is 0.237 e. The van der Waals surface area contributed by atoms with Crippen molar-refractivity contribution in [2.75, 3.05) is 123 Å². The Labute approximate surface area is 681 Å². The summed E-state index contributed by atoms with van der Waals surface area (Å²) in [5.41, 5.74) is 3.40. The Balaban J connectivity index is 0.000000110. The van der Waals surface area contributed by atoms with Gasteiger partial charge < -0.3 is 73.9 Å². The molecule has 10 saturated heterocycles. The van der Waals surface area contributed by atoms with Crippen LogP contribution in [0.1, 0.15) is 130 Å². The number of aromatic amines is 5. The maximum absolute atomic E-state index is 12.4. The zero-order valence-electron chi connectivity index (χ0n) is 66.7. The minimum Gasteiger partial charge on any atom is -0.354 e. The van der Waals surface area contributed by atoms with E-state index in [0.717, 1.165) is 259 Å². The van der Waals surface area contributed by atoms with Gasteiger partial charge in [-0.25, -0.2) is 49.8 Å². The Kier molecular flexibility index (Phi) is 22.0. The number of carbonyl (C=O) groups excluding carboxylic acids is 5. The number of hydrogen-bond acceptors (Lipinski definition) is 25. The molecule has 35 nitrogen and oxygen atoms in total. The molecule has 0 aliphatic carbocycles. The van der Waals surface area contributed by atoms with Gasteiger partial charge in [0.15, 0.2) is 0 Å². The third kappa shape index (κ3) is 14.2. The number of aromatic nitrogens is 15. The van der Waals surface area contributed by atoms with Crippen molar-refractivity contribution in [3.8, 4) is 30.3 Å². The third-order valence-electron chi connectivity index (χ3n) is 26.9. The lowest BCUT2D eigenvalue weighted by Gasteiger charge is -2.61. The first kappa shape index (κ1) is 78.8. The molecular weight excluding hydrogens is 1500 g/mol. The first-order valence-corrected chi connectivity index (χ1v) is 41.0. The van der Waals surface area contributed by atoms with Crippen LogP contribution in [0.2, 0.25) is 0 Å². The summed E-state index contributed by atoms with van der Waals surface area (Å²) in [6.45, 7) is 18.8. The minimum absolute atomic E-state index is 0.0304. The number of likely N-dealkylation sites (tertiary alicyclic amines) is 5. The number of amides is 5. The number of nitriles is 5. The molecule has 0 bridgehead atoms. The van der Waals surface area contributed by atoms with Crippen LogP contribution in [0, 0.1) is 74.4 Å². The average Bonchev–Trinajstić information content (AvgIpc) is 1.55. The van der Waals surface area contributed by atoms with Crippen LogP contribution in [-0.2, 0) is 24.0 Å². The highest BCUT2D eigenvalue weighted by atomic mass is 16.2. The smallest absolute Gasteiger partial charge is 0.237 e. The number of hydrogen-bond donors (Lipinski definition) is 5. The molecule has 5 spiro atoms. The molecule has 10 fully saturated rings. The summed E-state index contributed by atoms with van der Waals surface area (Å²) in [4.78, 5) is 142. The van der Waals surface area contributed by atoms with Crippen molar-refractivity contribution in [3.63, 3.8) is 0 Å². The molecule has 8 atom stereocenters. The van der Waals surface area contributed by atoms with Crippen LogP contribution >= 0.6 is 0 Å². The molecular formula is C83H96N30O5. The highest BCUT2D eigenvalue weighted by Gasteiger charge is 2.59. The van der Waals surface area contributed by atoms with Gasteiger partial charge in [0.25, 0.3) is 0 Å². The zero-order valence-corrected chi connectivity index (χ0v) is 66.7. The normalized spacial score (nSPS) is 25.4. The second-order valence-corrected chi connectivity index (χ2v) is 33.1. The third-order valence-corrected chi connectivity index (χ3v) is 26.9. The Morgan fingerprint density at radius 2 is 0.576 bits per heavy atom. The number of carbonyl (C=O) groups is 5. The topological polar surface area (TPSA) is 445 Å². The second-order valence-electron chi connectivity index (χ2n) is 33.1. The summed E-state index contributed by atoms with van der Waals surface area (Å²) in [7, 11) is 0. The number of piperidine rings is 4. The fraction of sp³-hybridized carbons (Fsp3) is 0.518. The van der Waals surface area contributed by atoms with E-state index in [0.29, 0.717) is 17.8 Å². The van der Waals surface area contributed by atoms with E-state index in [4.69, 9.17) is 26.3 Å².